The predicted molar refractivity (Wildman–Crippen MR) is 87.2 cm³/mol. The molecule has 0 saturated carbocycles. The van der Waals surface area contributed by atoms with Gasteiger partial charge in [0.05, 0.1) is 0 Å². The minimum absolute atomic E-state index is 0.300. The predicted octanol–water partition coefficient (Wildman–Crippen LogP) is 2.81. The highest BCUT2D eigenvalue weighted by Crippen LogP contribution is 2.06. The summed E-state index contributed by atoms with van der Waals surface area (Å²) in [5.74, 6) is -0.635. The minimum atomic E-state index is -0.336. The highest BCUT2D eigenvalue weighted by Gasteiger charge is 2.01. The summed E-state index contributed by atoms with van der Waals surface area (Å²) in [6.07, 6.45) is 2.46. The molecule has 2 aromatic carbocycles. The van der Waals surface area contributed by atoms with E-state index in [9.17, 15) is 9.59 Å². The maximum absolute atomic E-state index is 11.7. The lowest BCUT2D eigenvalue weighted by molar-refractivity contribution is -0.117. The molecule has 0 aliphatic carbocycles. The Morgan fingerprint density at radius 1 is 0.909 bits per heavy atom. The average molecular weight is 294 g/mol. The van der Waals surface area contributed by atoms with Crippen LogP contribution in [-0.4, -0.2) is 11.8 Å². The molecule has 0 spiro atoms. The summed E-state index contributed by atoms with van der Waals surface area (Å²) in [5.41, 5.74) is 2.86. The van der Waals surface area contributed by atoms with Crippen LogP contribution in [0.15, 0.2) is 66.7 Å². The second-order valence-electron chi connectivity index (χ2n) is 4.83. The van der Waals surface area contributed by atoms with Crippen molar-refractivity contribution in [2.45, 2.75) is 13.5 Å². The van der Waals surface area contributed by atoms with E-state index < -0.39 is 0 Å². The van der Waals surface area contributed by atoms with Crippen molar-refractivity contribution in [3.8, 4) is 0 Å². The van der Waals surface area contributed by atoms with Gasteiger partial charge < -0.3 is 10.6 Å². The fourth-order valence-corrected chi connectivity index (χ4v) is 1.91. The number of rotatable bonds is 5. The van der Waals surface area contributed by atoms with Gasteiger partial charge >= 0.3 is 0 Å². The van der Waals surface area contributed by atoms with Gasteiger partial charge in [0.15, 0.2) is 0 Å². The van der Waals surface area contributed by atoms with Crippen LogP contribution in [-0.2, 0) is 16.1 Å². The Balaban J connectivity index is 1.81. The van der Waals surface area contributed by atoms with Gasteiger partial charge in [-0.1, -0.05) is 42.5 Å². The Morgan fingerprint density at radius 2 is 1.55 bits per heavy atom. The van der Waals surface area contributed by atoms with Gasteiger partial charge in [-0.3, -0.25) is 9.59 Å². The van der Waals surface area contributed by atoms with Crippen LogP contribution < -0.4 is 10.6 Å². The van der Waals surface area contributed by atoms with E-state index in [1.54, 1.807) is 12.1 Å². The number of benzene rings is 2. The van der Waals surface area contributed by atoms with Crippen LogP contribution in [0.4, 0.5) is 5.69 Å². The molecule has 0 aromatic heterocycles. The number of amides is 2. The van der Waals surface area contributed by atoms with Crippen LogP contribution >= 0.6 is 0 Å². The molecule has 0 heterocycles. The lowest BCUT2D eigenvalue weighted by atomic mass is 10.1. The Kier molecular flexibility index (Phi) is 5.49. The van der Waals surface area contributed by atoms with Gasteiger partial charge in [-0.05, 0) is 30.2 Å². The van der Waals surface area contributed by atoms with Gasteiger partial charge in [-0.2, -0.15) is 0 Å². The third-order valence-corrected chi connectivity index (χ3v) is 3.14. The SMILES string of the molecule is Cc1ccccc1CNC(=O)/C=C/C(=O)Nc1ccccc1. The average Bonchev–Trinajstić information content (AvgIpc) is 2.53. The van der Waals surface area contributed by atoms with Gasteiger partial charge in [0.25, 0.3) is 0 Å². The molecule has 4 heteroatoms. The summed E-state index contributed by atoms with van der Waals surface area (Å²) >= 11 is 0. The van der Waals surface area contributed by atoms with Crippen molar-refractivity contribution in [3.05, 3.63) is 77.9 Å². The summed E-state index contributed by atoms with van der Waals surface area (Å²) in [6.45, 7) is 2.43. The van der Waals surface area contributed by atoms with Crippen molar-refractivity contribution in [1.82, 2.24) is 5.32 Å². The smallest absolute Gasteiger partial charge is 0.248 e. The number of hydrogen-bond donors (Lipinski definition) is 2. The van der Waals surface area contributed by atoms with E-state index in [1.807, 2.05) is 49.4 Å². The first-order valence-corrected chi connectivity index (χ1v) is 7.01. The van der Waals surface area contributed by atoms with E-state index in [2.05, 4.69) is 10.6 Å². The Labute approximate surface area is 129 Å². The number of nitrogens with one attached hydrogen (secondary N) is 2. The molecule has 0 bridgehead atoms. The van der Waals surface area contributed by atoms with E-state index in [0.29, 0.717) is 12.2 Å². The van der Waals surface area contributed by atoms with Crippen molar-refractivity contribution in [3.63, 3.8) is 0 Å². The summed E-state index contributed by atoms with van der Waals surface area (Å²) in [6, 6.07) is 16.9. The highest BCUT2D eigenvalue weighted by molar-refractivity contribution is 6.03. The maximum Gasteiger partial charge on any atom is 0.248 e. The first-order valence-electron chi connectivity index (χ1n) is 7.01. The van der Waals surface area contributed by atoms with E-state index >= 15 is 0 Å². The van der Waals surface area contributed by atoms with Crippen LogP contribution in [0.25, 0.3) is 0 Å². The molecule has 0 aliphatic heterocycles. The van der Waals surface area contributed by atoms with Crippen molar-refractivity contribution >= 4 is 17.5 Å². The van der Waals surface area contributed by atoms with Gasteiger partial charge in [0.1, 0.15) is 0 Å². The molecule has 0 fully saturated rings. The van der Waals surface area contributed by atoms with Crippen molar-refractivity contribution < 1.29 is 9.59 Å². The van der Waals surface area contributed by atoms with Crippen LogP contribution in [0.1, 0.15) is 11.1 Å². The molecule has 0 atom stereocenters. The molecular formula is C18H18N2O2. The number of carbonyl (C=O) groups is 2. The molecule has 2 aromatic rings. The topological polar surface area (TPSA) is 58.2 Å². The number of hydrogen-bond acceptors (Lipinski definition) is 2. The fraction of sp³-hybridized carbons (Fsp3) is 0.111. The molecule has 2 N–H and O–H groups in total. The van der Waals surface area contributed by atoms with Gasteiger partial charge in [-0.15, -0.1) is 0 Å². The lowest BCUT2D eigenvalue weighted by Crippen LogP contribution is -2.21. The third kappa shape index (κ3) is 4.90. The summed E-state index contributed by atoms with van der Waals surface area (Å²) in [5, 5.41) is 5.43. The highest BCUT2D eigenvalue weighted by atomic mass is 16.2. The summed E-state index contributed by atoms with van der Waals surface area (Å²) in [7, 11) is 0. The first-order chi connectivity index (χ1) is 10.6. The van der Waals surface area contributed by atoms with Gasteiger partial charge in [0, 0.05) is 24.4 Å². The number of para-hydroxylation sites is 1. The van der Waals surface area contributed by atoms with Gasteiger partial charge in [0.2, 0.25) is 11.8 Å². The van der Waals surface area contributed by atoms with Crippen LogP contribution in [0.3, 0.4) is 0 Å². The molecule has 0 saturated heterocycles. The van der Waals surface area contributed by atoms with Crippen LogP contribution in [0.2, 0.25) is 0 Å². The minimum Gasteiger partial charge on any atom is -0.348 e. The summed E-state index contributed by atoms with van der Waals surface area (Å²) < 4.78 is 0. The quantitative estimate of drug-likeness (QED) is 0.833. The molecule has 22 heavy (non-hydrogen) atoms. The second-order valence-corrected chi connectivity index (χ2v) is 4.83. The Morgan fingerprint density at radius 3 is 2.27 bits per heavy atom. The van der Waals surface area contributed by atoms with Crippen molar-refractivity contribution in [1.29, 1.82) is 0 Å². The Hall–Kier alpha value is -2.88. The zero-order valence-corrected chi connectivity index (χ0v) is 12.4. The molecule has 2 rings (SSSR count). The molecule has 0 aliphatic rings. The molecule has 0 unspecified atom stereocenters. The molecule has 112 valence electrons. The molecule has 0 radical (unpaired) electrons. The zero-order valence-electron chi connectivity index (χ0n) is 12.4. The number of carbonyl (C=O) groups excluding carboxylic acids is 2. The number of anilines is 1. The van der Waals surface area contributed by atoms with E-state index in [0.717, 1.165) is 11.1 Å². The molecule has 4 nitrogen and oxygen atoms in total. The first kappa shape index (κ1) is 15.5. The maximum atomic E-state index is 11.7. The van der Waals surface area contributed by atoms with Crippen LogP contribution in [0.5, 0.6) is 0 Å². The Bertz CT molecular complexity index is 678. The van der Waals surface area contributed by atoms with E-state index in [1.165, 1.54) is 12.2 Å². The van der Waals surface area contributed by atoms with Gasteiger partial charge in [-0.25, -0.2) is 0 Å². The third-order valence-electron chi connectivity index (χ3n) is 3.14. The van der Waals surface area contributed by atoms with E-state index in [-0.39, 0.29) is 11.8 Å². The molecular weight excluding hydrogens is 276 g/mol. The number of aryl methyl sites for hydroxylation is 1. The zero-order chi connectivity index (χ0) is 15.8. The van der Waals surface area contributed by atoms with E-state index in [4.69, 9.17) is 0 Å². The largest absolute Gasteiger partial charge is 0.348 e. The molecule has 2 amide bonds. The second kappa shape index (κ2) is 7.78. The lowest BCUT2D eigenvalue weighted by Gasteiger charge is -2.05. The van der Waals surface area contributed by atoms with Crippen molar-refractivity contribution in [2.24, 2.45) is 0 Å². The normalized spacial score (nSPS) is 10.4. The summed E-state index contributed by atoms with van der Waals surface area (Å²) in [4.78, 5) is 23.4. The van der Waals surface area contributed by atoms with Crippen LogP contribution in [0, 0.1) is 6.92 Å². The van der Waals surface area contributed by atoms with Crippen molar-refractivity contribution in [2.75, 3.05) is 5.32 Å². The standard InChI is InChI=1S/C18H18N2O2/c1-14-7-5-6-8-15(14)13-19-17(21)11-12-18(22)20-16-9-3-2-4-10-16/h2-12H,13H2,1H3,(H,19,21)(H,20,22)/b12-11+. The fourth-order valence-electron chi connectivity index (χ4n) is 1.91. The monoisotopic (exact) mass is 294 g/mol.